The fraction of sp³-hybridized carbons (Fsp3) is 0.200. The van der Waals surface area contributed by atoms with E-state index in [1.54, 1.807) is 13.2 Å². The second-order valence-corrected chi connectivity index (χ2v) is 4.40. The van der Waals surface area contributed by atoms with Crippen LogP contribution < -0.4 is 9.64 Å². The van der Waals surface area contributed by atoms with Crippen LogP contribution in [0.2, 0.25) is 0 Å². The number of nitrogens with zero attached hydrogens (tertiary/aromatic N) is 2. The van der Waals surface area contributed by atoms with Crippen molar-refractivity contribution in [2.45, 2.75) is 6.92 Å². The van der Waals surface area contributed by atoms with Crippen LogP contribution >= 0.6 is 0 Å². The average Bonchev–Trinajstić information content (AvgIpc) is 2.46. The van der Waals surface area contributed by atoms with E-state index in [2.05, 4.69) is 4.98 Å². The first kappa shape index (κ1) is 13.9. The maximum atomic E-state index is 10.9. The smallest absolute Gasteiger partial charge is 0.337 e. The van der Waals surface area contributed by atoms with Crippen LogP contribution in [0.4, 0.5) is 11.5 Å². The Bertz CT molecular complexity index is 641. The lowest BCUT2D eigenvalue weighted by molar-refractivity contribution is 0.0696. The van der Waals surface area contributed by atoms with Crippen molar-refractivity contribution in [3.05, 3.63) is 47.7 Å². The molecule has 20 heavy (non-hydrogen) atoms. The predicted molar refractivity (Wildman–Crippen MR) is 77.0 cm³/mol. The number of pyridine rings is 1. The lowest BCUT2D eigenvalue weighted by atomic mass is 10.2. The van der Waals surface area contributed by atoms with Gasteiger partial charge in [0.2, 0.25) is 0 Å². The van der Waals surface area contributed by atoms with Gasteiger partial charge in [0.15, 0.2) is 0 Å². The summed E-state index contributed by atoms with van der Waals surface area (Å²) in [5.74, 6) is 0.449. The number of carbonyl (C=O) groups is 1. The van der Waals surface area contributed by atoms with Gasteiger partial charge in [0.05, 0.1) is 18.4 Å². The summed E-state index contributed by atoms with van der Waals surface area (Å²) in [6.45, 7) is 1.83. The Balaban J connectivity index is 2.43. The maximum absolute atomic E-state index is 10.9. The molecule has 0 aliphatic heterocycles. The van der Waals surface area contributed by atoms with E-state index in [9.17, 15) is 4.79 Å². The van der Waals surface area contributed by atoms with E-state index in [0.29, 0.717) is 5.82 Å². The van der Waals surface area contributed by atoms with Gasteiger partial charge in [-0.1, -0.05) is 12.1 Å². The van der Waals surface area contributed by atoms with Crippen molar-refractivity contribution in [1.29, 1.82) is 0 Å². The molecule has 0 radical (unpaired) electrons. The van der Waals surface area contributed by atoms with Crippen LogP contribution in [0.1, 0.15) is 15.9 Å². The molecule has 2 rings (SSSR count). The van der Waals surface area contributed by atoms with Gasteiger partial charge in [-0.05, 0) is 30.7 Å². The van der Waals surface area contributed by atoms with Crippen molar-refractivity contribution in [3.8, 4) is 5.75 Å². The Morgan fingerprint density at radius 2 is 2.05 bits per heavy atom. The molecule has 5 nitrogen and oxygen atoms in total. The number of benzene rings is 1. The number of carboxylic acids is 1. The summed E-state index contributed by atoms with van der Waals surface area (Å²) in [6.07, 6.45) is 1.36. The van der Waals surface area contributed by atoms with Gasteiger partial charge in [0.25, 0.3) is 0 Å². The van der Waals surface area contributed by atoms with Gasteiger partial charge in [-0.25, -0.2) is 9.78 Å². The van der Waals surface area contributed by atoms with Crippen LogP contribution in [0.25, 0.3) is 0 Å². The standard InChI is InChI=1S/C15H16N2O3/c1-10-8-11(15(18)19)9-16-14(10)17(2)12-6-4-5-7-13(12)20-3/h4-9H,1-3H3,(H,18,19). The van der Waals surface area contributed by atoms with Crippen molar-refractivity contribution in [1.82, 2.24) is 4.98 Å². The fourth-order valence-electron chi connectivity index (χ4n) is 2.06. The third kappa shape index (κ3) is 2.56. The number of methoxy groups -OCH3 is 1. The molecule has 0 atom stereocenters. The van der Waals surface area contributed by atoms with Crippen LogP contribution in [0.15, 0.2) is 36.5 Å². The number of hydrogen-bond acceptors (Lipinski definition) is 4. The van der Waals surface area contributed by atoms with E-state index < -0.39 is 5.97 Å². The molecule has 0 spiro atoms. The topological polar surface area (TPSA) is 62.7 Å². The number of hydrogen-bond donors (Lipinski definition) is 1. The average molecular weight is 272 g/mol. The first-order valence-electron chi connectivity index (χ1n) is 6.11. The van der Waals surface area contributed by atoms with Crippen molar-refractivity contribution < 1.29 is 14.6 Å². The number of aryl methyl sites for hydroxylation is 1. The highest BCUT2D eigenvalue weighted by atomic mass is 16.5. The van der Waals surface area contributed by atoms with Crippen LogP contribution in [0.3, 0.4) is 0 Å². The molecule has 0 saturated heterocycles. The first-order chi connectivity index (χ1) is 9.54. The van der Waals surface area contributed by atoms with Gasteiger partial charge in [-0.15, -0.1) is 0 Å². The molecule has 0 bridgehead atoms. The molecule has 0 aliphatic carbocycles. The van der Waals surface area contributed by atoms with Crippen LogP contribution in [0.5, 0.6) is 5.75 Å². The minimum absolute atomic E-state index is 0.180. The normalized spacial score (nSPS) is 10.2. The largest absolute Gasteiger partial charge is 0.495 e. The van der Waals surface area contributed by atoms with Crippen LogP contribution in [0, 0.1) is 6.92 Å². The summed E-state index contributed by atoms with van der Waals surface area (Å²) >= 11 is 0. The van der Waals surface area contributed by atoms with Crippen molar-refractivity contribution in [3.63, 3.8) is 0 Å². The van der Waals surface area contributed by atoms with Crippen molar-refractivity contribution >= 4 is 17.5 Å². The van der Waals surface area contributed by atoms with Gasteiger partial charge < -0.3 is 14.7 Å². The molecule has 1 aromatic heterocycles. The van der Waals surface area contributed by atoms with Crippen LogP contribution in [-0.4, -0.2) is 30.2 Å². The summed E-state index contributed by atoms with van der Waals surface area (Å²) in [5, 5.41) is 8.96. The maximum Gasteiger partial charge on any atom is 0.337 e. The molecule has 0 aliphatic rings. The quantitative estimate of drug-likeness (QED) is 0.927. The summed E-state index contributed by atoms with van der Waals surface area (Å²) in [5.41, 5.74) is 1.84. The number of ether oxygens (including phenoxy) is 1. The predicted octanol–water partition coefficient (Wildman–Crippen LogP) is 2.86. The molecule has 0 unspecified atom stereocenters. The number of anilines is 2. The molecule has 1 aromatic carbocycles. The van der Waals surface area contributed by atoms with Crippen LogP contribution in [-0.2, 0) is 0 Å². The van der Waals surface area contributed by atoms with E-state index in [-0.39, 0.29) is 5.56 Å². The van der Waals surface area contributed by atoms with Gasteiger partial charge >= 0.3 is 5.97 Å². The SMILES string of the molecule is COc1ccccc1N(C)c1ncc(C(=O)O)cc1C. The summed E-state index contributed by atoms with van der Waals surface area (Å²) < 4.78 is 5.33. The monoisotopic (exact) mass is 272 g/mol. The highest BCUT2D eigenvalue weighted by molar-refractivity contribution is 5.88. The minimum Gasteiger partial charge on any atom is -0.495 e. The zero-order chi connectivity index (χ0) is 14.7. The Morgan fingerprint density at radius 1 is 1.35 bits per heavy atom. The summed E-state index contributed by atoms with van der Waals surface area (Å²) in [4.78, 5) is 17.0. The molecule has 0 fully saturated rings. The Hall–Kier alpha value is -2.56. The molecule has 2 aromatic rings. The zero-order valence-electron chi connectivity index (χ0n) is 11.6. The molecule has 1 heterocycles. The third-order valence-electron chi connectivity index (χ3n) is 3.06. The number of rotatable bonds is 4. The molecule has 5 heteroatoms. The van der Waals surface area contributed by atoms with Gasteiger partial charge in [0, 0.05) is 13.2 Å². The number of carboxylic acid groups (broad SMARTS) is 1. The van der Waals surface area contributed by atoms with E-state index in [1.807, 2.05) is 43.1 Å². The number of aromatic nitrogens is 1. The van der Waals surface area contributed by atoms with E-state index in [1.165, 1.54) is 6.20 Å². The highest BCUT2D eigenvalue weighted by Gasteiger charge is 2.14. The number of aromatic carboxylic acids is 1. The molecule has 0 saturated carbocycles. The van der Waals surface area contributed by atoms with E-state index in [0.717, 1.165) is 17.0 Å². The molecule has 0 amide bonds. The first-order valence-corrected chi connectivity index (χ1v) is 6.11. The Kier molecular flexibility index (Phi) is 3.89. The second-order valence-electron chi connectivity index (χ2n) is 4.40. The number of para-hydroxylation sites is 2. The summed E-state index contributed by atoms with van der Waals surface area (Å²) in [6, 6.07) is 9.20. The molecular weight excluding hydrogens is 256 g/mol. The van der Waals surface area contributed by atoms with E-state index >= 15 is 0 Å². The van der Waals surface area contributed by atoms with Gasteiger partial charge in [0.1, 0.15) is 11.6 Å². The fourth-order valence-corrected chi connectivity index (χ4v) is 2.06. The van der Waals surface area contributed by atoms with Gasteiger partial charge in [-0.2, -0.15) is 0 Å². The summed E-state index contributed by atoms with van der Waals surface area (Å²) in [7, 11) is 3.48. The molecule has 1 N–H and O–H groups in total. The van der Waals surface area contributed by atoms with Crippen molar-refractivity contribution in [2.24, 2.45) is 0 Å². The highest BCUT2D eigenvalue weighted by Crippen LogP contribution is 2.32. The Morgan fingerprint density at radius 3 is 2.65 bits per heavy atom. The molecular formula is C15H16N2O3. The van der Waals surface area contributed by atoms with Crippen molar-refractivity contribution in [2.75, 3.05) is 19.1 Å². The third-order valence-corrected chi connectivity index (χ3v) is 3.06. The minimum atomic E-state index is -0.980. The van der Waals surface area contributed by atoms with E-state index in [4.69, 9.17) is 9.84 Å². The zero-order valence-corrected chi connectivity index (χ0v) is 11.6. The van der Waals surface area contributed by atoms with Gasteiger partial charge in [-0.3, -0.25) is 0 Å². The Labute approximate surface area is 117 Å². The lowest BCUT2D eigenvalue weighted by Gasteiger charge is -2.22. The lowest BCUT2D eigenvalue weighted by Crippen LogP contribution is -2.14. The second kappa shape index (κ2) is 5.61. The molecule has 104 valence electrons.